The minimum Gasteiger partial charge on any atom is -0.320 e. The van der Waals surface area contributed by atoms with Gasteiger partial charge < -0.3 is 5.32 Å². The van der Waals surface area contributed by atoms with Crippen LogP contribution in [0.1, 0.15) is 36.8 Å². The molecule has 0 radical (unpaired) electrons. The zero-order valence-electron chi connectivity index (χ0n) is 12.1. The number of aryl methyl sites for hydroxylation is 1. The Hall–Kier alpha value is -1.62. The summed E-state index contributed by atoms with van der Waals surface area (Å²) in [7, 11) is 1.78. The van der Waals surface area contributed by atoms with Crippen molar-refractivity contribution in [3.05, 3.63) is 46.2 Å². The fourth-order valence-corrected chi connectivity index (χ4v) is 2.60. The number of nitrogens with zero attached hydrogens (tertiary/aromatic N) is 2. The number of amides is 1. The molecule has 0 aliphatic carbocycles. The average Bonchev–Trinajstić information content (AvgIpc) is 2.68. The second-order valence-electron chi connectivity index (χ2n) is 5.75. The molecule has 0 spiro atoms. The van der Waals surface area contributed by atoms with Crippen LogP contribution >= 0.6 is 15.9 Å². The second kappa shape index (κ2) is 5.40. The second-order valence-corrected chi connectivity index (χ2v) is 6.60. The molecule has 2 rings (SSSR count). The molecule has 1 aromatic heterocycles. The number of anilines is 1. The van der Waals surface area contributed by atoms with Crippen molar-refractivity contribution in [1.29, 1.82) is 0 Å². The Balaban J connectivity index is 2.31. The lowest BCUT2D eigenvalue weighted by Gasteiger charge is -2.22. The number of hydrogen-bond donors (Lipinski definition) is 1. The molecule has 2 aromatic rings. The summed E-state index contributed by atoms with van der Waals surface area (Å²) in [6.45, 7) is 6.36. The van der Waals surface area contributed by atoms with Crippen LogP contribution in [-0.2, 0) is 12.5 Å². The molecule has 0 fully saturated rings. The first-order valence-electron chi connectivity index (χ1n) is 6.39. The van der Waals surface area contributed by atoms with Crippen LogP contribution in [0.3, 0.4) is 0 Å². The topological polar surface area (TPSA) is 46.9 Å². The minimum atomic E-state index is -0.214. The lowest BCUT2D eigenvalue weighted by atomic mass is 9.86. The zero-order valence-corrected chi connectivity index (χ0v) is 13.7. The lowest BCUT2D eigenvalue weighted by Crippen LogP contribution is -2.19. The van der Waals surface area contributed by atoms with Gasteiger partial charge in [0.15, 0.2) is 5.69 Å². The summed E-state index contributed by atoms with van der Waals surface area (Å²) < 4.78 is 2.29. The molecule has 0 aliphatic rings. The van der Waals surface area contributed by atoms with Gasteiger partial charge in [0.05, 0.1) is 4.47 Å². The van der Waals surface area contributed by atoms with Crippen LogP contribution in [-0.4, -0.2) is 15.7 Å². The predicted molar refractivity (Wildman–Crippen MR) is 84.0 cm³/mol. The van der Waals surface area contributed by atoms with E-state index in [-0.39, 0.29) is 11.3 Å². The molecule has 0 bridgehead atoms. The Bertz CT molecular complexity index is 641. The Labute approximate surface area is 127 Å². The van der Waals surface area contributed by atoms with Crippen molar-refractivity contribution in [2.24, 2.45) is 7.05 Å². The van der Waals surface area contributed by atoms with Crippen LogP contribution in [0.15, 0.2) is 34.9 Å². The van der Waals surface area contributed by atoms with E-state index in [1.807, 2.05) is 24.3 Å². The van der Waals surface area contributed by atoms with E-state index in [1.54, 1.807) is 17.9 Å². The monoisotopic (exact) mass is 335 g/mol. The number of benzene rings is 1. The van der Waals surface area contributed by atoms with E-state index in [1.165, 1.54) is 0 Å². The number of hydrogen-bond acceptors (Lipinski definition) is 2. The molecule has 0 unspecified atom stereocenters. The third-order valence-corrected chi connectivity index (χ3v) is 3.56. The van der Waals surface area contributed by atoms with Gasteiger partial charge >= 0.3 is 0 Å². The molecule has 1 amide bonds. The molecule has 1 aromatic carbocycles. The van der Waals surface area contributed by atoms with Crippen molar-refractivity contribution in [2.45, 2.75) is 26.2 Å². The summed E-state index contributed by atoms with van der Waals surface area (Å²) in [6, 6.07) is 7.84. The van der Waals surface area contributed by atoms with Crippen molar-refractivity contribution < 1.29 is 4.79 Å². The van der Waals surface area contributed by atoms with Crippen LogP contribution < -0.4 is 5.32 Å². The van der Waals surface area contributed by atoms with Gasteiger partial charge in [-0.15, -0.1) is 0 Å². The van der Waals surface area contributed by atoms with E-state index in [0.29, 0.717) is 10.2 Å². The molecule has 1 heterocycles. The van der Waals surface area contributed by atoms with Gasteiger partial charge in [-0.3, -0.25) is 9.48 Å². The first-order chi connectivity index (χ1) is 9.29. The summed E-state index contributed by atoms with van der Waals surface area (Å²) >= 11 is 3.34. The number of para-hydroxylation sites is 1. The van der Waals surface area contributed by atoms with Crippen molar-refractivity contribution in [1.82, 2.24) is 9.78 Å². The highest BCUT2D eigenvalue weighted by Crippen LogP contribution is 2.29. The smallest absolute Gasteiger partial charge is 0.277 e. The zero-order chi connectivity index (χ0) is 14.9. The van der Waals surface area contributed by atoms with E-state index in [4.69, 9.17) is 0 Å². The third-order valence-electron chi connectivity index (χ3n) is 2.98. The molecule has 0 aliphatic heterocycles. The molecule has 4 nitrogen and oxygen atoms in total. The minimum absolute atomic E-state index is 0.0365. The van der Waals surface area contributed by atoms with Crippen molar-refractivity contribution in [2.75, 3.05) is 5.32 Å². The highest BCUT2D eigenvalue weighted by molar-refractivity contribution is 9.10. The van der Waals surface area contributed by atoms with Gasteiger partial charge in [0, 0.05) is 18.9 Å². The predicted octanol–water partition coefficient (Wildman–Crippen LogP) is 3.73. The Kier molecular flexibility index (Phi) is 3.99. The molecule has 20 heavy (non-hydrogen) atoms. The Morgan fingerprint density at radius 2 is 1.95 bits per heavy atom. The first kappa shape index (κ1) is 14.8. The largest absolute Gasteiger partial charge is 0.320 e. The van der Waals surface area contributed by atoms with E-state index in [9.17, 15) is 4.79 Å². The molecule has 0 atom stereocenters. The fourth-order valence-electron chi connectivity index (χ4n) is 2.04. The normalized spacial score (nSPS) is 11.4. The highest BCUT2D eigenvalue weighted by atomic mass is 79.9. The number of nitrogens with one attached hydrogen (secondary N) is 1. The first-order valence-corrected chi connectivity index (χ1v) is 7.18. The molecular formula is C15H18BrN3O. The van der Waals surface area contributed by atoms with Crippen LogP contribution in [0, 0.1) is 0 Å². The summed E-state index contributed by atoms with van der Waals surface area (Å²) in [4.78, 5) is 12.3. The Morgan fingerprint density at radius 3 is 2.50 bits per heavy atom. The molecule has 106 valence electrons. The number of rotatable bonds is 2. The summed E-state index contributed by atoms with van der Waals surface area (Å²) in [5.41, 5.74) is 2.27. The quantitative estimate of drug-likeness (QED) is 0.908. The number of carbonyl (C=O) groups is 1. The van der Waals surface area contributed by atoms with Gasteiger partial charge in [-0.2, -0.15) is 5.10 Å². The van der Waals surface area contributed by atoms with Gasteiger partial charge in [0.2, 0.25) is 0 Å². The van der Waals surface area contributed by atoms with Crippen LogP contribution in [0.5, 0.6) is 0 Å². The van der Waals surface area contributed by atoms with Gasteiger partial charge in [-0.1, -0.05) is 39.0 Å². The van der Waals surface area contributed by atoms with Crippen LogP contribution in [0.4, 0.5) is 5.69 Å². The standard InChI is InChI=1S/C15H18BrN3O/c1-15(2,3)10-7-5-6-8-12(10)17-14(20)13-11(16)9-19(4)18-13/h5-9H,1-4H3,(H,17,20). The van der Waals surface area contributed by atoms with E-state index >= 15 is 0 Å². The van der Waals surface area contributed by atoms with Crippen molar-refractivity contribution >= 4 is 27.5 Å². The maximum Gasteiger partial charge on any atom is 0.277 e. The summed E-state index contributed by atoms with van der Waals surface area (Å²) in [5, 5.41) is 7.10. The van der Waals surface area contributed by atoms with Crippen LogP contribution in [0.25, 0.3) is 0 Å². The summed E-state index contributed by atoms with van der Waals surface area (Å²) in [6.07, 6.45) is 1.75. The van der Waals surface area contributed by atoms with Gasteiger partial charge in [-0.05, 0) is 33.0 Å². The maximum atomic E-state index is 12.3. The summed E-state index contributed by atoms with van der Waals surface area (Å²) in [5.74, 6) is -0.214. The molecular weight excluding hydrogens is 318 g/mol. The third kappa shape index (κ3) is 3.10. The lowest BCUT2D eigenvalue weighted by molar-refractivity contribution is 0.102. The average molecular weight is 336 g/mol. The van der Waals surface area contributed by atoms with Gasteiger partial charge in [0.1, 0.15) is 0 Å². The fraction of sp³-hybridized carbons (Fsp3) is 0.333. The SMILES string of the molecule is Cn1cc(Br)c(C(=O)Nc2ccccc2C(C)(C)C)n1. The van der Waals surface area contributed by atoms with Crippen molar-refractivity contribution in [3.8, 4) is 0 Å². The maximum absolute atomic E-state index is 12.3. The molecule has 0 saturated heterocycles. The van der Waals surface area contributed by atoms with E-state index < -0.39 is 0 Å². The van der Waals surface area contributed by atoms with Crippen LogP contribution in [0.2, 0.25) is 0 Å². The van der Waals surface area contributed by atoms with E-state index in [2.05, 4.69) is 47.1 Å². The van der Waals surface area contributed by atoms with Gasteiger partial charge in [0.25, 0.3) is 5.91 Å². The number of aromatic nitrogens is 2. The Morgan fingerprint density at radius 1 is 1.30 bits per heavy atom. The molecule has 5 heteroatoms. The number of halogens is 1. The molecule has 1 N–H and O–H groups in total. The van der Waals surface area contributed by atoms with Gasteiger partial charge in [-0.25, -0.2) is 0 Å². The highest BCUT2D eigenvalue weighted by Gasteiger charge is 2.20. The van der Waals surface area contributed by atoms with E-state index in [0.717, 1.165) is 11.3 Å². The molecule has 0 saturated carbocycles. The number of carbonyl (C=O) groups excluding carboxylic acids is 1. The van der Waals surface area contributed by atoms with Crippen molar-refractivity contribution in [3.63, 3.8) is 0 Å².